The van der Waals surface area contributed by atoms with Crippen molar-refractivity contribution in [2.24, 2.45) is 0 Å². The predicted octanol–water partition coefficient (Wildman–Crippen LogP) is 4.02. The third kappa shape index (κ3) is 2.99. The minimum atomic E-state index is -0.0644. The Labute approximate surface area is 124 Å². The van der Waals surface area contributed by atoms with E-state index in [4.69, 9.17) is 11.6 Å². The molecule has 0 aliphatic heterocycles. The van der Waals surface area contributed by atoms with E-state index in [1.807, 2.05) is 39.0 Å². The lowest BCUT2D eigenvalue weighted by atomic mass is 10.1. The van der Waals surface area contributed by atoms with Gasteiger partial charge in [-0.25, -0.2) is 4.98 Å². The van der Waals surface area contributed by atoms with E-state index < -0.39 is 0 Å². The first-order valence-corrected chi connectivity index (χ1v) is 6.91. The number of anilines is 1. The number of halogens is 1. The number of hydrogen-bond donors (Lipinski definition) is 0. The molecule has 0 saturated heterocycles. The van der Waals surface area contributed by atoms with Gasteiger partial charge in [0.2, 0.25) is 0 Å². The number of carbonyl (C=O) groups is 1. The molecule has 0 bridgehead atoms. The van der Waals surface area contributed by atoms with E-state index in [2.05, 4.69) is 4.98 Å². The van der Waals surface area contributed by atoms with Crippen LogP contribution in [0.3, 0.4) is 0 Å². The van der Waals surface area contributed by atoms with Crippen LogP contribution in [0, 0.1) is 13.8 Å². The quantitative estimate of drug-likeness (QED) is 0.799. The third-order valence-electron chi connectivity index (χ3n) is 3.19. The number of carbonyl (C=O) groups excluding carboxylic acids is 1. The molecule has 0 aliphatic rings. The van der Waals surface area contributed by atoms with E-state index in [9.17, 15) is 4.79 Å². The Kier molecular flexibility index (Phi) is 4.40. The van der Waals surface area contributed by atoms with Crippen molar-refractivity contribution in [2.75, 3.05) is 11.4 Å². The molecular formula is C16H17ClN2O. The van der Waals surface area contributed by atoms with Gasteiger partial charge in [-0.05, 0) is 50.1 Å². The molecule has 0 spiro atoms. The number of aromatic nitrogens is 1. The number of pyridine rings is 1. The van der Waals surface area contributed by atoms with E-state index in [0.29, 0.717) is 17.3 Å². The lowest BCUT2D eigenvalue weighted by Crippen LogP contribution is -2.31. The van der Waals surface area contributed by atoms with Crippen LogP contribution in [0.2, 0.25) is 5.15 Å². The van der Waals surface area contributed by atoms with Gasteiger partial charge in [0.15, 0.2) is 0 Å². The first-order valence-electron chi connectivity index (χ1n) is 6.53. The van der Waals surface area contributed by atoms with Crippen molar-refractivity contribution in [3.8, 4) is 0 Å². The van der Waals surface area contributed by atoms with Crippen molar-refractivity contribution in [3.63, 3.8) is 0 Å². The highest BCUT2D eigenvalue weighted by Gasteiger charge is 2.18. The summed E-state index contributed by atoms with van der Waals surface area (Å²) in [6.07, 6.45) is 1.55. The second kappa shape index (κ2) is 6.06. The molecule has 1 heterocycles. The highest BCUT2D eigenvalue weighted by Crippen LogP contribution is 2.23. The number of aryl methyl sites for hydroxylation is 2. The van der Waals surface area contributed by atoms with Crippen LogP contribution in [0.5, 0.6) is 0 Å². The normalized spacial score (nSPS) is 10.4. The molecule has 3 nitrogen and oxygen atoms in total. The van der Waals surface area contributed by atoms with Gasteiger partial charge in [-0.15, -0.1) is 0 Å². The average molecular weight is 289 g/mol. The number of rotatable bonds is 3. The summed E-state index contributed by atoms with van der Waals surface area (Å²) < 4.78 is 0. The maximum atomic E-state index is 12.6. The zero-order chi connectivity index (χ0) is 14.7. The van der Waals surface area contributed by atoms with Gasteiger partial charge in [0.05, 0.1) is 0 Å². The third-order valence-corrected chi connectivity index (χ3v) is 3.40. The molecule has 2 rings (SSSR count). The predicted molar refractivity (Wildman–Crippen MR) is 82.5 cm³/mol. The molecule has 1 aromatic carbocycles. The molecule has 0 N–H and O–H groups in total. The minimum Gasteiger partial charge on any atom is -0.308 e. The average Bonchev–Trinajstić information content (AvgIpc) is 2.43. The van der Waals surface area contributed by atoms with Gasteiger partial charge in [-0.1, -0.05) is 23.7 Å². The molecule has 1 amide bonds. The molecule has 0 unspecified atom stereocenters. The number of benzene rings is 1. The second-order valence-electron chi connectivity index (χ2n) is 4.71. The Balaban J connectivity index is 2.42. The molecule has 0 atom stereocenters. The van der Waals surface area contributed by atoms with E-state index in [1.165, 1.54) is 0 Å². The minimum absolute atomic E-state index is 0.0644. The summed E-state index contributed by atoms with van der Waals surface area (Å²) in [5.74, 6) is -0.0644. The van der Waals surface area contributed by atoms with E-state index in [-0.39, 0.29) is 5.91 Å². The Hall–Kier alpha value is -1.87. The number of nitrogens with zero attached hydrogens (tertiary/aromatic N) is 2. The molecule has 4 heteroatoms. The summed E-state index contributed by atoms with van der Waals surface area (Å²) in [6.45, 7) is 6.58. The topological polar surface area (TPSA) is 33.2 Å². The molecule has 0 fully saturated rings. The van der Waals surface area contributed by atoms with Crippen LogP contribution in [0.4, 0.5) is 5.69 Å². The van der Waals surface area contributed by atoms with Gasteiger partial charge < -0.3 is 4.90 Å². The van der Waals surface area contributed by atoms with Gasteiger partial charge in [0, 0.05) is 24.0 Å². The van der Waals surface area contributed by atoms with Crippen LogP contribution >= 0.6 is 11.6 Å². The maximum Gasteiger partial charge on any atom is 0.258 e. The number of amides is 1. The zero-order valence-corrected chi connectivity index (χ0v) is 12.6. The summed E-state index contributed by atoms with van der Waals surface area (Å²) in [6, 6.07) is 9.37. The largest absolute Gasteiger partial charge is 0.308 e. The molecule has 20 heavy (non-hydrogen) atoms. The fraction of sp³-hybridized carbons (Fsp3) is 0.250. The Bertz CT molecular complexity index is 640. The molecule has 0 aliphatic carbocycles. The van der Waals surface area contributed by atoms with E-state index >= 15 is 0 Å². The fourth-order valence-corrected chi connectivity index (χ4v) is 2.30. The van der Waals surface area contributed by atoms with Crippen LogP contribution in [0.1, 0.15) is 28.4 Å². The summed E-state index contributed by atoms with van der Waals surface area (Å²) in [7, 11) is 0. The van der Waals surface area contributed by atoms with Crippen LogP contribution in [-0.4, -0.2) is 17.4 Å². The smallest absolute Gasteiger partial charge is 0.258 e. The van der Waals surface area contributed by atoms with Crippen molar-refractivity contribution in [1.82, 2.24) is 4.98 Å². The second-order valence-corrected chi connectivity index (χ2v) is 5.09. The van der Waals surface area contributed by atoms with Crippen LogP contribution in [0.25, 0.3) is 0 Å². The SMILES string of the molecule is CCN(C(=O)c1ccnc(Cl)c1)c1cc(C)ccc1C. The molecule has 0 radical (unpaired) electrons. The first kappa shape index (κ1) is 14.5. The van der Waals surface area contributed by atoms with Gasteiger partial charge >= 0.3 is 0 Å². The fourth-order valence-electron chi connectivity index (χ4n) is 2.12. The van der Waals surface area contributed by atoms with Gasteiger partial charge in [-0.2, -0.15) is 0 Å². The zero-order valence-electron chi connectivity index (χ0n) is 11.9. The van der Waals surface area contributed by atoms with Crippen molar-refractivity contribution in [3.05, 3.63) is 58.4 Å². The van der Waals surface area contributed by atoms with Crippen LogP contribution < -0.4 is 4.90 Å². The Morgan fingerprint density at radius 3 is 2.65 bits per heavy atom. The molecular weight excluding hydrogens is 272 g/mol. The highest BCUT2D eigenvalue weighted by molar-refractivity contribution is 6.29. The maximum absolute atomic E-state index is 12.6. The summed E-state index contributed by atoms with van der Waals surface area (Å²) in [4.78, 5) is 18.3. The molecule has 2 aromatic rings. The molecule has 104 valence electrons. The summed E-state index contributed by atoms with van der Waals surface area (Å²) >= 11 is 5.86. The Morgan fingerprint density at radius 2 is 2.00 bits per heavy atom. The van der Waals surface area contributed by atoms with Crippen molar-refractivity contribution in [2.45, 2.75) is 20.8 Å². The lowest BCUT2D eigenvalue weighted by molar-refractivity contribution is 0.0988. The van der Waals surface area contributed by atoms with Crippen LogP contribution in [-0.2, 0) is 0 Å². The standard InChI is InChI=1S/C16H17ClN2O/c1-4-19(14-9-11(2)5-6-12(14)3)16(20)13-7-8-18-15(17)10-13/h5-10H,4H2,1-3H3. The first-order chi connectivity index (χ1) is 9.52. The van der Waals surface area contributed by atoms with E-state index in [0.717, 1.165) is 16.8 Å². The number of hydrogen-bond acceptors (Lipinski definition) is 2. The monoisotopic (exact) mass is 288 g/mol. The van der Waals surface area contributed by atoms with Gasteiger partial charge in [0.1, 0.15) is 5.15 Å². The molecule has 1 aromatic heterocycles. The summed E-state index contributed by atoms with van der Waals surface area (Å²) in [5.41, 5.74) is 3.69. The Morgan fingerprint density at radius 1 is 1.25 bits per heavy atom. The van der Waals surface area contributed by atoms with Gasteiger partial charge in [0.25, 0.3) is 5.91 Å². The van der Waals surface area contributed by atoms with Crippen LogP contribution in [0.15, 0.2) is 36.5 Å². The highest BCUT2D eigenvalue weighted by atomic mass is 35.5. The van der Waals surface area contributed by atoms with Crippen molar-refractivity contribution >= 4 is 23.2 Å². The molecule has 0 saturated carbocycles. The lowest BCUT2D eigenvalue weighted by Gasteiger charge is -2.23. The summed E-state index contributed by atoms with van der Waals surface area (Å²) in [5, 5.41) is 0.327. The van der Waals surface area contributed by atoms with Crippen molar-refractivity contribution in [1.29, 1.82) is 0 Å². The van der Waals surface area contributed by atoms with Crippen molar-refractivity contribution < 1.29 is 4.79 Å². The van der Waals surface area contributed by atoms with Gasteiger partial charge in [-0.3, -0.25) is 4.79 Å². The van der Waals surface area contributed by atoms with E-state index in [1.54, 1.807) is 23.2 Å².